The fourth-order valence-electron chi connectivity index (χ4n) is 1.74. The first kappa shape index (κ1) is 12.0. The Bertz CT molecular complexity index is 711. The van der Waals surface area contributed by atoms with Crippen molar-refractivity contribution in [3.05, 3.63) is 56.7 Å². The van der Waals surface area contributed by atoms with E-state index in [0.717, 1.165) is 26.8 Å². The highest BCUT2D eigenvalue weighted by Gasteiger charge is 2.03. The van der Waals surface area contributed by atoms with Crippen molar-refractivity contribution in [1.29, 1.82) is 0 Å². The molecule has 0 aliphatic rings. The lowest BCUT2D eigenvalue weighted by Crippen LogP contribution is -1.89. The van der Waals surface area contributed by atoms with Crippen LogP contribution in [0, 0.1) is 3.57 Å². The SMILES string of the molecule is Brc1ccc2nc(-c3ccc(I)cc3)ncc2c1. The number of rotatable bonds is 1. The van der Waals surface area contributed by atoms with Crippen molar-refractivity contribution >= 4 is 49.4 Å². The quantitative estimate of drug-likeness (QED) is 0.545. The molecule has 0 aliphatic carbocycles. The minimum atomic E-state index is 0.765. The maximum atomic E-state index is 4.58. The first-order valence-electron chi connectivity index (χ1n) is 5.41. The Hall–Kier alpha value is -1.01. The first-order chi connectivity index (χ1) is 8.72. The van der Waals surface area contributed by atoms with Crippen LogP contribution < -0.4 is 0 Å². The monoisotopic (exact) mass is 410 g/mol. The Morgan fingerprint density at radius 2 is 1.78 bits per heavy atom. The van der Waals surface area contributed by atoms with Gasteiger partial charge in [-0.15, -0.1) is 0 Å². The summed E-state index contributed by atoms with van der Waals surface area (Å²) in [5, 5.41) is 1.04. The van der Waals surface area contributed by atoms with Crippen molar-refractivity contribution < 1.29 is 0 Å². The topological polar surface area (TPSA) is 25.8 Å². The molecule has 0 spiro atoms. The number of hydrogen-bond acceptors (Lipinski definition) is 2. The van der Waals surface area contributed by atoms with Crippen LogP contribution in [0.3, 0.4) is 0 Å². The van der Waals surface area contributed by atoms with Gasteiger partial charge < -0.3 is 0 Å². The van der Waals surface area contributed by atoms with Gasteiger partial charge in [-0.1, -0.05) is 28.1 Å². The van der Waals surface area contributed by atoms with Gasteiger partial charge in [-0.25, -0.2) is 9.97 Å². The van der Waals surface area contributed by atoms with Gasteiger partial charge in [0.2, 0.25) is 0 Å². The van der Waals surface area contributed by atoms with Gasteiger partial charge in [0.15, 0.2) is 5.82 Å². The average molecular weight is 411 g/mol. The van der Waals surface area contributed by atoms with Crippen LogP contribution in [0.2, 0.25) is 0 Å². The Morgan fingerprint density at radius 3 is 2.56 bits per heavy atom. The summed E-state index contributed by atoms with van der Waals surface area (Å²) in [6, 6.07) is 14.2. The predicted octanol–water partition coefficient (Wildman–Crippen LogP) is 4.66. The second-order valence-electron chi connectivity index (χ2n) is 3.90. The van der Waals surface area contributed by atoms with E-state index in [1.54, 1.807) is 0 Å². The number of hydrogen-bond donors (Lipinski definition) is 0. The maximum Gasteiger partial charge on any atom is 0.159 e. The summed E-state index contributed by atoms with van der Waals surface area (Å²) >= 11 is 5.74. The molecule has 2 aromatic carbocycles. The second kappa shape index (κ2) is 4.93. The molecule has 1 heterocycles. The molecule has 1 aromatic heterocycles. The van der Waals surface area contributed by atoms with Crippen LogP contribution >= 0.6 is 38.5 Å². The third kappa shape index (κ3) is 2.40. The van der Waals surface area contributed by atoms with Crippen LogP contribution in [0.25, 0.3) is 22.3 Å². The molecule has 18 heavy (non-hydrogen) atoms. The molecule has 0 saturated heterocycles. The summed E-state index contributed by atoms with van der Waals surface area (Å²) in [5.41, 5.74) is 2.00. The molecular weight excluding hydrogens is 403 g/mol. The van der Waals surface area contributed by atoms with Gasteiger partial charge in [0.1, 0.15) is 0 Å². The van der Waals surface area contributed by atoms with Gasteiger partial charge in [0, 0.05) is 25.2 Å². The molecule has 0 amide bonds. The summed E-state index contributed by atoms with van der Waals surface area (Å²) in [5.74, 6) is 0.765. The van der Waals surface area contributed by atoms with E-state index in [4.69, 9.17) is 0 Å². The van der Waals surface area contributed by atoms with Crippen molar-refractivity contribution in [2.24, 2.45) is 0 Å². The van der Waals surface area contributed by atoms with Gasteiger partial charge >= 0.3 is 0 Å². The highest BCUT2D eigenvalue weighted by Crippen LogP contribution is 2.21. The van der Waals surface area contributed by atoms with Crippen molar-refractivity contribution in [2.45, 2.75) is 0 Å². The molecule has 0 N–H and O–H groups in total. The van der Waals surface area contributed by atoms with Crippen LogP contribution in [0.4, 0.5) is 0 Å². The lowest BCUT2D eigenvalue weighted by molar-refractivity contribution is 1.22. The number of aromatic nitrogens is 2. The standard InChI is InChI=1S/C14H8BrIN2/c15-11-3-6-13-10(7-11)8-17-14(18-13)9-1-4-12(16)5-2-9/h1-8H. The van der Waals surface area contributed by atoms with Gasteiger partial charge in [-0.05, 0) is 52.9 Å². The number of benzene rings is 2. The molecule has 0 saturated carbocycles. The highest BCUT2D eigenvalue weighted by molar-refractivity contribution is 14.1. The molecule has 0 atom stereocenters. The maximum absolute atomic E-state index is 4.58. The van der Waals surface area contributed by atoms with Crippen LogP contribution in [-0.4, -0.2) is 9.97 Å². The summed E-state index contributed by atoms with van der Waals surface area (Å²) in [6.07, 6.45) is 1.86. The number of nitrogens with zero attached hydrogens (tertiary/aromatic N) is 2. The van der Waals surface area contributed by atoms with E-state index in [2.05, 4.69) is 60.6 Å². The lowest BCUT2D eigenvalue weighted by Gasteiger charge is -2.03. The summed E-state index contributed by atoms with van der Waals surface area (Å²) < 4.78 is 2.25. The summed E-state index contributed by atoms with van der Waals surface area (Å²) in [4.78, 5) is 9.00. The van der Waals surface area contributed by atoms with Crippen molar-refractivity contribution in [1.82, 2.24) is 9.97 Å². The molecule has 0 aliphatic heterocycles. The van der Waals surface area contributed by atoms with Crippen molar-refractivity contribution in [2.75, 3.05) is 0 Å². The minimum Gasteiger partial charge on any atom is -0.236 e. The van der Waals surface area contributed by atoms with E-state index in [1.165, 1.54) is 3.57 Å². The van der Waals surface area contributed by atoms with Gasteiger partial charge in [0.05, 0.1) is 5.52 Å². The number of halogens is 2. The zero-order chi connectivity index (χ0) is 12.5. The second-order valence-corrected chi connectivity index (χ2v) is 6.06. The fourth-order valence-corrected chi connectivity index (χ4v) is 2.48. The van der Waals surface area contributed by atoms with Crippen LogP contribution in [0.1, 0.15) is 0 Å². The van der Waals surface area contributed by atoms with E-state index >= 15 is 0 Å². The molecule has 4 heteroatoms. The molecule has 0 unspecified atom stereocenters. The highest BCUT2D eigenvalue weighted by atomic mass is 127. The van der Waals surface area contributed by atoms with E-state index in [1.807, 2.05) is 36.5 Å². The zero-order valence-electron chi connectivity index (χ0n) is 9.27. The number of fused-ring (bicyclic) bond motifs is 1. The van der Waals surface area contributed by atoms with Crippen LogP contribution in [0.15, 0.2) is 53.1 Å². The van der Waals surface area contributed by atoms with E-state index in [-0.39, 0.29) is 0 Å². The molecule has 0 bridgehead atoms. The molecule has 3 rings (SSSR count). The molecule has 3 aromatic rings. The largest absolute Gasteiger partial charge is 0.236 e. The van der Waals surface area contributed by atoms with E-state index < -0.39 is 0 Å². The lowest BCUT2D eigenvalue weighted by atomic mass is 10.2. The Balaban J connectivity index is 2.13. The van der Waals surface area contributed by atoms with Crippen molar-refractivity contribution in [3.63, 3.8) is 0 Å². The Kier molecular flexibility index (Phi) is 3.30. The first-order valence-corrected chi connectivity index (χ1v) is 7.28. The smallest absolute Gasteiger partial charge is 0.159 e. The van der Waals surface area contributed by atoms with Gasteiger partial charge in [-0.2, -0.15) is 0 Å². The zero-order valence-corrected chi connectivity index (χ0v) is 13.0. The van der Waals surface area contributed by atoms with E-state index in [9.17, 15) is 0 Å². The third-order valence-corrected chi connectivity index (χ3v) is 3.86. The van der Waals surface area contributed by atoms with Gasteiger partial charge in [0.25, 0.3) is 0 Å². The Morgan fingerprint density at radius 1 is 1.00 bits per heavy atom. The summed E-state index contributed by atoms with van der Waals surface area (Å²) in [6.45, 7) is 0. The molecule has 0 fully saturated rings. The molecule has 88 valence electrons. The van der Waals surface area contributed by atoms with Crippen LogP contribution in [0.5, 0.6) is 0 Å². The van der Waals surface area contributed by atoms with Crippen LogP contribution in [-0.2, 0) is 0 Å². The minimum absolute atomic E-state index is 0.765. The van der Waals surface area contributed by atoms with Crippen molar-refractivity contribution in [3.8, 4) is 11.4 Å². The molecular formula is C14H8BrIN2. The van der Waals surface area contributed by atoms with Gasteiger partial charge in [-0.3, -0.25) is 0 Å². The predicted molar refractivity (Wildman–Crippen MR) is 85.4 cm³/mol. The van der Waals surface area contributed by atoms with E-state index in [0.29, 0.717) is 0 Å². The molecule has 2 nitrogen and oxygen atoms in total. The normalized spacial score (nSPS) is 10.8. The summed E-state index contributed by atoms with van der Waals surface area (Å²) in [7, 11) is 0. The third-order valence-electron chi connectivity index (χ3n) is 2.64. The average Bonchev–Trinajstić information content (AvgIpc) is 2.39. The Labute approximate surface area is 127 Å². The molecule has 0 radical (unpaired) electrons. The fraction of sp³-hybridized carbons (Fsp3) is 0.